The highest BCUT2D eigenvalue weighted by Gasteiger charge is 2.31. The molecule has 1 fully saturated rings. The second-order valence-electron chi connectivity index (χ2n) is 9.99. The summed E-state index contributed by atoms with van der Waals surface area (Å²) in [5.74, 6) is -0.749. The Kier molecular flexibility index (Phi) is 14.9. The minimum atomic E-state index is -0.484. The third-order valence-electron chi connectivity index (χ3n) is 6.96. The highest BCUT2D eigenvalue weighted by molar-refractivity contribution is 5.89. The van der Waals surface area contributed by atoms with Crippen LogP contribution < -0.4 is 9.47 Å². The van der Waals surface area contributed by atoms with Crippen molar-refractivity contribution < 1.29 is 52.3 Å². The quantitative estimate of drug-likeness (QED) is 0.0792. The largest absolute Gasteiger partial charge is 0.491 e. The molecule has 1 saturated carbocycles. The summed E-state index contributed by atoms with van der Waals surface area (Å²) in [6.45, 7) is 5.39. The van der Waals surface area contributed by atoms with E-state index in [1.54, 1.807) is 36.4 Å². The van der Waals surface area contributed by atoms with Crippen LogP contribution in [-0.2, 0) is 44.5 Å². The fourth-order valence-corrected chi connectivity index (χ4v) is 4.49. The van der Waals surface area contributed by atoms with E-state index in [0.717, 1.165) is 11.6 Å². The van der Waals surface area contributed by atoms with Gasteiger partial charge < -0.3 is 33.2 Å². The second kappa shape index (κ2) is 19.1. The van der Waals surface area contributed by atoms with Crippen LogP contribution in [0.1, 0.15) is 41.6 Å². The maximum Gasteiger partial charge on any atom is 0.338 e. The predicted octanol–water partition coefficient (Wildman–Crippen LogP) is 4.11. The molecule has 238 valence electrons. The van der Waals surface area contributed by atoms with Crippen LogP contribution >= 0.6 is 0 Å². The van der Waals surface area contributed by atoms with Gasteiger partial charge in [-0.05, 0) is 67.6 Å². The van der Waals surface area contributed by atoms with Gasteiger partial charge in [-0.1, -0.05) is 18.7 Å². The lowest BCUT2D eigenvalue weighted by atomic mass is 9.82. The first-order valence-corrected chi connectivity index (χ1v) is 14.6. The van der Waals surface area contributed by atoms with Crippen LogP contribution in [0.2, 0.25) is 0 Å². The summed E-state index contributed by atoms with van der Waals surface area (Å²) in [5.41, 5.74) is 1.34. The first kappa shape index (κ1) is 34.3. The van der Waals surface area contributed by atoms with Gasteiger partial charge in [0.15, 0.2) is 0 Å². The number of rotatable bonds is 18. The molecule has 0 heterocycles. The smallest absolute Gasteiger partial charge is 0.338 e. The molecule has 1 aliphatic rings. The zero-order valence-electron chi connectivity index (χ0n) is 25.0. The summed E-state index contributed by atoms with van der Waals surface area (Å²) < 4.78 is 36.8. The summed E-state index contributed by atoms with van der Waals surface area (Å²) in [7, 11) is 1.38. The molecule has 2 aromatic carbocycles. The Bertz CT molecular complexity index is 1200. The maximum absolute atomic E-state index is 12.5. The van der Waals surface area contributed by atoms with Gasteiger partial charge >= 0.3 is 23.9 Å². The molecule has 0 spiro atoms. The lowest BCUT2D eigenvalue weighted by molar-refractivity contribution is -0.149. The van der Waals surface area contributed by atoms with Crippen LogP contribution in [0.3, 0.4) is 0 Å². The van der Waals surface area contributed by atoms with Crippen LogP contribution in [0.15, 0.2) is 61.2 Å². The normalized spacial score (nSPS) is 15.9. The number of ether oxygens (including phenoxy) is 7. The van der Waals surface area contributed by atoms with Crippen molar-refractivity contribution in [1.29, 1.82) is 0 Å². The van der Waals surface area contributed by atoms with Gasteiger partial charge in [0.1, 0.15) is 24.7 Å². The topological polar surface area (TPSA) is 133 Å². The van der Waals surface area contributed by atoms with E-state index in [1.807, 2.05) is 12.1 Å². The van der Waals surface area contributed by atoms with Gasteiger partial charge in [-0.2, -0.15) is 0 Å². The van der Waals surface area contributed by atoms with Crippen molar-refractivity contribution in [2.45, 2.75) is 32.1 Å². The zero-order chi connectivity index (χ0) is 31.6. The number of hydrogen-bond donors (Lipinski definition) is 0. The third-order valence-corrected chi connectivity index (χ3v) is 6.96. The standard InChI is InChI=1S/C33H40O11/c1-3-30(34)42-23-21-40-19-18-39-20-22-41-28-14-10-26(11-15-28)32(36)43-17-16-24-4-12-29(13-5-24)44-33(37)27-8-6-25(7-9-27)31(35)38-2/h3-5,10-15,25,27H,1,6-9,16-23H2,2H3. The Balaban J connectivity index is 1.26. The SMILES string of the molecule is C=CC(=O)OCCOCCOCCOc1ccc(C(=O)OCCc2ccc(OC(=O)C3CCC(C(=O)OC)CC3)cc2)cc1. The minimum absolute atomic E-state index is 0.143. The molecule has 0 bridgehead atoms. The Morgan fingerprint density at radius 3 is 1.89 bits per heavy atom. The molecule has 2 aromatic rings. The van der Waals surface area contributed by atoms with Crippen molar-refractivity contribution in [1.82, 2.24) is 0 Å². The summed E-state index contributed by atoms with van der Waals surface area (Å²) in [5, 5.41) is 0. The summed E-state index contributed by atoms with van der Waals surface area (Å²) in [6.07, 6.45) is 4.05. The average Bonchev–Trinajstić information content (AvgIpc) is 3.06. The van der Waals surface area contributed by atoms with E-state index in [9.17, 15) is 19.2 Å². The van der Waals surface area contributed by atoms with E-state index in [-0.39, 0.29) is 43.6 Å². The number of carbonyl (C=O) groups is 4. The summed E-state index contributed by atoms with van der Waals surface area (Å²) >= 11 is 0. The van der Waals surface area contributed by atoms with Gasteiger partial charge in [0.25, 0.3) is 0 Å². The molecular weight excluding hydrogens is 572 g/mol. The van der Waals surface area contributed by atoms with E-state index < -0.39 is 11.9 Å². The summed E-state index contributed by atoms with van der Waals surface area (Å²) in [6, 6.07) is 13.8. The Hall–Kier alpha value is -4.22. The molecule has 0 aliphatic heterocycles. The zero-order valence-corrected chi connectivity index (χ0v) is 25.0. The molecular formula is C33H40O11. The highest BCUT2D eigenvalue weighted by atomic mass is 16.6. The van der Waals surface area contributed by atoms with E-state index in [2.05, 4.69) is 6.58 Å². The number of esters is 4. The fraction of sp³-hybridized carbons (Fsp3) is 0.455. The van der Waals surface area contributed by atoms with Gasteiger partial charge in [-0.3, -0.25) is 9.59 Å². The molecule has 1 aliphatic carbocycles. The first-order valence-electron chi connectivity index (χ1n) is 14.6. The molecule has 44 heavy (non-hydrogen) atoms. The monoisotopic (exact) mass is 612 g/mol. The van der Waals surface area contributed by atoms with Gasteiger partial charge in [0.05, 0.1) is 57.5 Å². The predicted molar refractivity (Wildman–Crippen MR) is 158 cm³/mol. The molecule has 0 saturated heterocycles. The highest BCUT2D eigenvalue weighted by Crippen LogP contribution is 2.30. The third kappa shape index (κ3) is 12.2. The lowest BCUT2D eigenvalue weighted by Crippen LogP contribution is -2.29. The first-order chi connectivity index (χ1) is 21.4. The maximum atomic E-state index is 12.5. The van der Waals surface area contributed by atoms with Crippen LogP contribution in [0.4, 0.5) is 0 Å². The number of methoxy groups -OCH3 is 1. The average molecular weight is 613 g/mol. The molecule has 0 aromatic heterocycles. The Labute approximate surface area is 257 Å². The molecule has 0 unspecified atom stereocenters. The number of benzene rings is 2. The minimum Gasteiger partial charge on any atom is -0.491 e. The lowest BCUT2D eigenvalue weighted by Gasteiger charge is -2.25. The van der Waals surface area contributed by atoms with Crippen molar-refractivity contribution in [2.24, 2.45) is 11.8 Å². The van der Waals surface area contributed by atoms with Gasteiger partial charge in [0, 0.05) is 12.5 Å². The number of carbonyl (C=O) groups excluding carboxylic acids is 4. The van der Waals surface area contributed by atoms with Gasteiger partial charge in [-0.15, -0.1) is 0 Å². The fourth-order valence-electron chi connectivity index (χ4n) is 4.49. The van der Waals surface area contributed by atoms with Crippen molar-refractivity contribution >= 4 is 23.9 Å². The van der Waals surface area contributed by atoms with Crippen molar-refractivity contribution in [3.05, 3.63) is 72.3 Å². The van der Waals surface area contributed by atoms with Crippen molar-refractivity contribution in [2.75, 3.05) is 53.4 Å². The number of hydrogen-bond acceptors (Lipinski definition) is 11. The van der Waals surface area contributed by atoms with Crippen molar-refractivity contribution in [3.63, 3.8) is 0 Å². The van der Waals surface area contributed by atoms with Crippen LogP contribution in [0, 0.1) is 11.8 Å². The molecule has 11 heteroatoms. The van der Waals surface area contributed by atoms with E-state index in [4.69, 9.17) is 33.2 Å². The van der Waals surface area contributed by atoms with E-state index >= 15 is 0 Å². The molecule has 0 amide bonds. The van der Waals surface area contributed by atoms with Gasteiger partial charge in [-0.25, -0.2) is 9.59 Å². The van der Waals surface area contributed by atoms with E-state index in [1.165, 1.54) is 7.11 Å². The molecule has 11 nitrogen and oxygen atoms in total. The van der Waals surface area contributed by atoms with Gasteiger partial charge in [0.2, 0.25) is 0 Å². The Morgan fingerprint density at radius 1 is 0.705 bits per heavy atom. The molecule has 0 atom stereocenters. The molecule has 3 rings (SSSR count). The molecule has 0 N–H and O–H groups in total. The summed E-state index contributed by atoms with van der Waals surface area (Å²) in [4.78, 5) is 47.5. The van der Waals surface area contributed by atoms with E-state index in [0.29, 0.717) is 75.6 Å². The van der Waals surface area contributed by atoms with Crippen LogP contribution in [0.5, 0.6) is 11.5 Å². The van der Waals surface area contributed by atoms with Crippen molar-refractivity contribution in [3.8, 4) is 11.5 Å². The second-order valence-corrected chi connectivity index (χ2v) is 9.99. The van der Waals surface area contributed by atoms with Crippen LogP contribution in [0.25, 0.3) is 0 Å². The Morgan fingerprint density at radius 2 is 1.27 bits per heavy atom. The van der Waals surface area contributed by atoms with Crippen LogP contribution in [-0.4, -0.2) is 77.2 Å². The molecule has 0 radical (unpaired) electrons.